The smallest absolute Gasteiger partial charge is 0.321 e. The Hall–Kier alpha value is 0.534. The third-order valence-electron chi connectivity index (χ3n) is 3.16. The summed E-state index contributed by atoms with van der Waals surface area (Å²) in [6.07, 6.45) is 0.667. The molecule has 1 saturated heterocycles. The second-order valence-corrected chi connectivity index (χ2v) is 3.89. The summed E-state index contributed by atoms with van der Waals surface area (Å²) in [4.78, 5) is 12.9. The Bertz CT molecular complexity index is 210. The van der Waals surface area contributed by atoms with E-state index in [2.05, 4.69) is 0 Å². The monoisotopic (exact) mass is 259 g/mol. The molecular formula is C9H16NO2Y-. The molecule has 4 heteroatoms. The van der Waals surface area contributed by atoms with Crippen LogP contribution in [0.4, 0.5) is 0 Å². The van der Waals surface area contributed by atoms with Crippen LogP contribution < -0.4 is 0 Å². The fraction of sp³-hybridized carbons (Fsp3) is 0.778. The Morgan fingerprint density at radius 2 is 2.15 bits per heavy atom. The van der Waals surface area contributed by atoms with Gasteiger partial charge in [-0.3, -0.25) is 10.7 Å². The first kappa shape index (κ1) is 13.5. The fourth-order valence-corrected chi connectivity index (χ4v) is 1.80. The molecule has 1 N–H and O–H groups in total. The predicted octanol–water partition coefficient (Wildman–Crippen LogP) is 1.15. The molecule has 0 amide bonds. The average molecular weight is 259 g/mol. The minimum atomic E-state index is -0.728. The Morgan fingerprint density at radius 1 is 1.69 bits per heavy atom. The molecule has 0 aromatic heterocycles. The molecule has 0 aromatic rings. The topological polar surface area (TPSA) is 40.5 Å². The predicted molar refractivity (Wildman–Crippen MR) is 46.8 cm³/mol. The summed E-state index contributed by atoms with van der Waals surface area (Å²) in [6, 6.07) is 0.283. The maximum absolute atomic E-state index is 11.0. The zero-order valence-electron chi connectivity index (χ0n) is 8.66. The van der Waals surface area contributed by atoms with Crippen molar-refractivity contribution in [2.24, 2.45) is 0 Å². The molecule has 0 aliphatic carbocycles. The van der Waals surface area contributed by atoms with Crippen LogP contribution in [0.15, 0.2) is 0 Å². The number of nitrogens with zero attached hydrogens (tertiary/aromatic N) is 1. The van der Waals surface area contributed by atoms with Crippen molar-refractivity contribution >= 4 is 5.97 Å². The van der Waals surface area contributed by atoms with Crippen molar-refractivity contribution in [1.82, 2.24) is 4.90 Å². The second kappa shape index (κ2) is 4.37. The van der Waals surface area contributed by atoms with Gasteiger partial charge in [-0.05, 0) is 14.0 Å². The third kappa shape index (κ3) is 2.13. The van der Waals surface area contributed by atoms with Gasteiger partial charge in [0.05, 0.1) is 5.54 Å². The first-order valence-corrected chi connectivity index (χ1v) is 4.18. The van der Waals surface area contributed by atoms with Crippen LogP contribution in [0.5, 0.6) is 0 Å². The molecule has 13 heavy (non-hydrogen) atoms. The normalized spacial score (nSPS) is 35.8. The number of likely N-dealkylation sites (N-methyl/N-ethyl adjacent to an activating group) is 1. The zero-order chi connectivity index (χ0) is 9.52. The number of rotatable bonds is 1. The van der Waals surface area contributed by atoms with Crippen molar-refractivity contribution in [3.63, 3.8) is 0 Å². The molecule has 1 aliphatic heterocycles. The number of aliphatic carboxylic acids is 1. The molecule has 73 valence electrons. The van der Waals surface area contributed by atoms with E-state index in [4.69, 9.17) is 5.11 Å². The molecule has 1 rings (SSSR count). The Kier molecular flexibility index (Phi) is 4.55. The van der Waals surface area contributed by atoms with Gasteiger partial charge in [-0.2, -0.15) is 6.92 Å². The molecule has 0 saturated carbocycles. The van der Waals surface area contributed by atoms with E-state index in [1.807, 2.05) is 25.8 Å². The van der Waals surface area contributed by atoms with Crippen LogP contribution in [0, 0.1) is 5.92 Å². The van der Waals surface area contributed by atoms with Crippen molar-refractivity contribution < 1.29 is 42.6 Å². The Balaban J connectivity index is 0.00000144. The second-order valence-electron chi connectivity index (χ2n) is 3.89. The minimum absolute atomic E-state index is 0. The summed E-state index contributed by atoms with van der Waals surface area (Å²) < 4.78 is 0. The van der Waals surface area contributed by atoms with Gasteiger partial charge >= 0.3 is 5.97 Å². The van der Waals surface area contributed by atoms with Gasteiger partial charge in [-0.25, -0.2) is 0 Å². The number of carboxylic acid groups (broad SMARTS) is 1. The number of carboxylic acids is 1. The van der Waals surface area contributed by atoms with Crippen molar-refractivity contribution in [2.45, 2.75) is 38.8 Å². The number of carbonyl (C=O) groups is 1. The van der Waals surface area contributed by atoms with Gasteiger partial charge in [0.1, 0.15) is 0 Å². The molecule has 1 radical (unpaired) electrons. The van der Waals surface area contributed by atoms with Crippen LogP contribution in [0.25, 0.3) is 0 Å². The third-order valence-corrected chi connectivity index (χ3v) is 3.16. The van der Waals surface area contributed by atoms with E-state index in [-0.39, 0.29) is 38.8 Å². The summed E-state index contributed by atoms with van der Waals surface area (Å²) in [5, 5.41) is 9.02. The van der Waals surface area contributed by atoms with E-state index >= 15 is 0 Å². The molecule has 3 nitrogen and oxygen atoms in total. The maximum Gasteiger partial charge on any atom is 0.321 e. The number of hydrogen-bond donors (Lipinski definition) is 1. The molecule has 2 atom stereocenters. The molecule has 1 heterocycles. The van der Waals surface area contributed by atoms with E-state index in [1.165, 1.54) is 5.92 Å². The van der Waals surface area contributed by atoms with E-state index < -0.39 is 11.5 Å². The molecule has 0 aromatic carbocycles. The van der Waals surface area contributed by atoms with Gasteiger partial charge in [0.2, 0.25) is 0 Å². The summed E-state index contributed by atoms with van der Waals surface area (Å²) in [5.41, 5.74) is -0.691. The minimum Gasteiger partial charge on any atom is -0.480 e. The van der Waals surface area contributed by atoms with Gasteiger partial charge in [0.15, 0.2) is 0 Å². The standard InChI is InChI=1S/C9H16NO2.Y/c1-6-5-9(3,8(11)12)10(4)7(6)2;/h7H,5H2,1-4H3,(H,11,12);/q-1;. The van der Waals surface area contributed by atoms with Crippen LogP contribution in [-0.4, -0.2) is 34.6 Å². The van der Waals surface area contributed by atoms with Gasteiger partial charge in [-0.15, -0.1) is 12.5 Å². The summed E-state index contributed by atoms with van der Waals surface area (Å²) >= 11 is 0. The average Bonchev–Trinajstić information content (AvgIpc) is 2.17. The number of hydrogen-bond acceptors (Lipinski definition) is 2. The van der Waals surface area contributed by atoms with Crippen molar-refractivity contribution in [3.8, 4) is 0 Å². The van der Waals surface area contributed by atoms with Crippen LogP contribution in [0.1, 0.15) is 27.2 Å². The fourth-order valence-electron chi connectivity index (χ4n) is 1.80. The molecule has 1 aliphatic rings. The largest absolute Gasteiger partial charge is 0.480 e. The van der Waals surface area contributed by atoms with E-state index in [0.29, 0.717) is 6.42 Å². The van der Waals surface area contributed by atoms with Gasteiger partial charge in [0, 0.05) is 32.7 Å². The molecule has 1 fully saturated rings. The summed E-state index contributed by atoms with van der Waals surface area (Å²) in [6.45, 7) is 5.85. The summed E-state index contributed by atoms with van der Waals surface area (Å²) in [5.74, 6) is 0.524. The van der Waals surface area contributed by atoms with Crippen LogP contribution in [0.2, 0.25) is 0 Å². The summed E-state index contributed by atoms with van der Waals surface area (Å²) in [7, 11) is 1.87. The van der Waals surface area contributed by atoms with Crippen molar-refractivity contribution in [3.05, 3.63) is 5.92 Å². The van der Waals surface area contributed by atoms with E-state index in [1.54, 1.807) is 6.92 Å². The molecule has 2 unspecified atom stereocenters. The first-order valence-electron chi connectivity index (χ1n) is 4.18. The van der Waals surface area contributed by atoms with Gasteiger partial charge < -0.3 is 10.0 Å². The van der Waals surface area contributed by atoms with Crippen LogP contribution in [-0.2, 0) is 37.5 Å². The molecule has 0 bridgehead atoms. The quantitative estimate of drug-likeness (QED) is 0.718. The van der Waals surface area contributed by atoms with E-state index in [9.17, 15) is 4.79 Å². The maximum atomic E-state index is 11.0. The molecular weight excluding hydrogens is 243 g/mol. The SMILES string of the molecule is C[C-]1CC(C)(C(=O)O)N(C)C1C.[Y]. The Morgan fingerprint density at radius 3 is 2.31 bits per heavy atom. The van der Waals surface area contributed by atoms with E-state index in [0.717, 1.165) is 0 Å². The first-order chi connectivity index (χ1) is 5.39. The van der Waals surface area contributed by atoms with Crippen LogP contribution >= 0.6 is 0 Å². The van der Waals surface area contributed by atoms with Crippen LogP contribution in [0.3, 0.4) is 0 Å². The van der Waals surface area contributed by atoms with Gasteiger partial charge in [-0.1, -0.05) is 6.92 Å². The van der Waals surface area contributed by atoms with Crippen molar-refractivity contribution in [2.75, 3.05) is 7.05 Å². The molecule has 0 spiro atoms. The Labute approximate surface area is 105 Å². The number of likely N-dealkylation sites (tertiary alicyclic amines) is 1. The van der Waals surface area contributed by atoms with Gasteiger partial charge in [0.25, 0.3) is 0 Å². The van der Waals surface area contributed by atoms with Crippen molar-refractivity contribution in [1.29, 1.82) is 0 Å². The zero-order valence-corrected chi connectivity index (χ0v) is 11.5.